The van der Waals surface area contributed by atoms with Crippen molar-refractivity contribution in [3.63, 3.8) is 0 Å². The van der Waals surface area contributed by atoms with Crippen LogP contribution >= 0.6 is 22.6 Å². The summed E-state index contributed by atoms with van der Waals surface area (Å²) in [6, 6.07) is 1.50. The normalized spacial score (nSPS) is 16.4. The van der Waals surface area contributed by atoms with Crippen LogP contribution in [0.3, 0.4) is 0 Å². The highest BCUT2D eigenvalue weighted by molar-refractivity contribution is 14.1. The molecule has 2 aromatic rings. The van der Waals surface area contributed by atoms with E-state index < -0.39 is 15.4 Å². The summed E-state index contributed by atoms with van der Waals surface area (Å²) in [7, 11) is 0. The van der Waals surface area contributed by atoms with Gasteiger partial charge in [0.05, 0.1) is 0 Å². The van der Waals surface area contributed by atoms with E-state index in [-0.39, 0.29) is 18.1 Å². The minimum atomic E-state index is -0.817. The molecule has 0 saturated heterocycles. The van der Waals surface area contributed by atoms with Crippen molar-refractivity contribution in [2.75, 3.05) is 6.61 Å². The van der Waals surface area contributed by atoms with Crippen LogP contribution in [-0.4, -0.2) is 27.1 Å². The molecule has 6 nitrogen and oxygen atoms in total. The van der Waals surface area contributed by atoms with Gasteiger partial charge in [-0.1, -0.05) is 29.5 Å². The van der Waals surface area contributed by atoms with E-state index in [4.69, 9.17) is 19.0 Å². The van der Waals surface area contributed by atoms with Gasteiger partial charge in [-0.2, -0.15) is 0 Å². The molecule has 0 radical (unpaired) electrons. The van der Waals surface area contributed by atoms with E-state index in [1.807, 2.05) is 29.5 Å². The Morgan fingerprint density at radius 2 is 2.30 bits per heavy atom. The Morgan fingerprint density at radius 1 is 1.55 bits per heavy atom. The van der Waals surface area contributed by atoms with Crippen molar-refractivity contribution in [3.05, 3.63) is 11.6 Å². The maximum absolute atomic E-state index is 12.3. The maximum Gasteiger partial charge on any atom is 0.347 e. The Morgan fingerprint density at radius 3 is 2.95 bits per heavy atom. The zero-order valence-electron chi connectivity index (χ0n) is 10.6. The molecular weight excluding hydrogens is 379 g/mol. The molecule has 0 amide bonds. The third-order valence-corrected chi connectivity index (χ3v) is 5.15. The van der Waals surface area contributed by atoms with E-state index in [1.165, 1.54) is 6.07 Å². The fraction of sp³-hybridized carbons (Fsp3) is 0.385. The Bertz CT molecular complexity index is 690. The number of carbonyl (C=O) groups is 2. The quantitative estimate of drug-likeness (QED) is 0.365. The van der Waals surface area contributed by atoms with Gasteiger partial charge in [-0.15, -0.1) is 0 Å². The standard InChI is InChI=1S/C13H11IO6/c1-2-13(14,3-4-15)12(17)20-9-7-5-6-8(18-7)10(9)19-11(6)16/h5,15H,2-4H2,1H3. The molecule has 1 unspecified atom stereocenters. The third-order valence-electron chi connectivity index (χ3n) is 3.41. The van der Waals surface area contributed by atoms with Crippen LogP contribution < -0.4 is 9.47 Å². The molecule has 0 saturated carbocycles. The first-order chi connectivity index (χ1) is 9.50. The lowest BCUT2D eigenvalue weighted by Gasteiger charge is -2.22. The highest BCUT2D eigenvalue weighted by atomic mass is 127. The molecule has 2 bridgehead atoms. The Kier molecular flexibility index (Phi) is 3.13. The second kappa shape index (κ2) is 4.59. The minimum absolute atomic E-state index is 0.110. The molecular formula is C13H11IO6. The number of furan rings is 2. The number of benzene rings is 1. The Hall–Kier alpha value is -1.35. The topological polar surface area (TPSA) is 86.0 Å². The van der Waals surface area contributed by atoms with Crippen molar-refractivity contribution < 1.29 is 28.6 Å². The van der Waals surface area contributed by atoms with Crippen LogP contribution in [0.1, 0.15) is 30.1 Å². The Balaban J connectivity index is 1.88. The van der Waals surface area contributed by atoms with Crippen LogP contribution in [0, 0.1) is 0 Å². The summed E-state index contributed by atoms with van der Waals surface area (Å²) in [4.78, 5) is 23.7. The van der Waals surface area contributed by atoms with E-state index in [0.717, 1.165) is 0 Å². The van der Waals surface area contributed by atoms with Gasteiger partial charge in [0.1, 0.15) is 8.99 Å². The number of halogens is 1. The van der Waals surface area contributed by atoms with Crippen molar-refractivity contribution in [1.82, 2.24) is 0 Å². The summed E-state index contributed by atoms with van der Waals surface area (Å²) < 4.78 is 14.9. The van der Waals surface area contributed by atoms with Gasteiger partial charge in [-0.3, -0.25) is 4.79 Å². The summed E-state index contributed by atoms with van der Waals surface area (Å²) in [6.45, 7) is 1.73. The first-order valence-electron chi connectivity index (χ1n) is 6.13. The lowest BCUT2D eigenvalue weighted by atomic mass is 10.0. The minimum Gasteiger partial charge on any atom is -0.448 e. The van der Waals surface area contributed by atoms with Crippen LogP contribution in [0.15, 0.2) is 10.5 Å². The second-order valence-electron chi connectivity index (χ2n) is 4.58. The lowest BCUT2D eigenvalue weighted by Crippen LogP contribution is -2.36. The summed E-state index contributed by atoms with van der Waals surface area (Å²) >= 11 is 1.98. The molecule has 0 aliphatic carbocycles. The molecule has 2 aromatic heterocycles. The SMILES string of the molecule is CCC(I)(CCO)C(=O)Oc1c2c3oc1cc3C(=O)O2. The summed E-state index contributed by atoms with van der Waals surface area (Å²) in [5.41, 5.74) is 1.01. The molecule has 3 heterocycles. The van der Waals surface area contributed by atoms with Gasteiger partial charge in [-0.05, 0) is 12.8 Å². The van der Waals surface area contributed by atoms with Gasteiger partial charge in [0.25, 0.3) is 0 Å². The number of ether oxygens (including phenoxy) is 2. The van der Waals surface area contributed by atoms with Crippen LogP contribution in [-0.2, 0) is 4.79 Å². The van der Waals surface area contributed by atoms with Gasteiger partial charge < -0.3 is 19.0 Å². The van der Waals surface area contributed by atoms with Crippen LogP contribution in [0.5, 0.6) is 11.5 Å². The van der Waals surface area contributed by atoms with E-state index in [0.29, 0.717) is 29.6 Å². The van der Waals surface area contributed by atoms with Crippen molar-refractivity contribution in [1.29, 1.82) is 0 Å². The van der Waals surface area contributed by atoms with Gasteiger partial charge in [0.15, 0.2) is 11.2 Å². The van der Waals surface area contributed by atoms with E-state index in [9.17, 15) is 9.59 Å². The number of esters is 2. The maximum atomic E-state index is 12.3. The molecule has 1 aliphatic rings. The van der Waals surface area contributed by atoms with E-state index in [2.05, 4.69) is 0 Å². The molecule has 7 heteroatoms. The molecule has 1 aliphatic heterocycles. The van der Waals surface area contributed by atoms with Gasteiger partial charge in [0.2, 0.25) is 11.5 Å². The molecule has 20 heavy (non-hydrogen) atoms. The van der Waals surface area contributed by atoms with Crippen LogP contribution in [0.25, 0.3) is 11.2 Å². The van der Waals surface area contributed by atoms with Crippen molar-refractivity contribution in [2.45, 2.75) is 23.2 Å². The number of aliphatic hydroxyl groups excluding tert-OH is 1. The zero-order valence-corrected chi connectivity index (χ0v) is 12.7. The second-order valence-corrected chi connectivity index (χ2v) is 6.65. The summed E-state index contributed by atoms with van der Waals surface area (Å²) in [5.74, 6) is -0.663. The fourth-order valence-electron chi connectivity index (χ4n) is 2.16. The number of fused-ring (bicyclic) bond motifs is 1. The molecule has 0 aromatic carbocycles. The zero-order chi connectivity index (χ0) is 14.5. The number of hydrogen-bond acceptors (Lipinski definition) is 6. The first-order valence-corrected chi connectivity index (χ1v) is 7.21. The highest BCUT2D eigenvalue weighted by Gasteiger charge is 2.40. The number of rotatable bonds is 5. The number of aliphatic hydroxyl groups is 1. The van der Waals surface area contributed by atoms with Crippen molar-refractivity contribution >= 4 is 45.7 Å². The van der Waals surface area contributed by atoms with E-state index >= 15 is 0 Å². The molecule has 1 atom stereocenters. The fourth-order valence-corrected chi connectivity index (χ4v) is 2.51. The van der Waals surface area contributed by atoms with Crippen molar-refractivity contribution in [3.8, 4) is 11.5 Å². The van der Waals surface area contributed by atoms with Gasteiger partial charge in [0, 0.05) is 12.7 Å². The average molecular weight is 390 g/mol. The van der Waals surface area contributed by atoms with Gasteiger partial charge in [-0.25, -0.2) is 4.79 Å². The van der Waals surface area contributed by atoms with Crippen LogP contribution in [0.2, 0.25) is 0 Å². The summed E-state index contributed by atoms with van der Waals surface area (Å²) in [5, 5.41) is 9.05. The molecule has 0 fully saturated rings. The highest BCUT2D eigenvalue weighted by Crippen LogP contribution is 2.49. The van der Waals surface area contributed by atoms with Crippen LogP contribution in [0.4, 0.5) is 0 Å². The van der Waals surface area contributed by atoms with E-state index in [1.54, 1.807) is 0 Å². The average Bonchev–Trinajstić information content (AvgIpc) is 3.03. The molecule has 106 valence electrons. The first kappa shape index (κ1) is 13.6. The molecule has 3 rings (SSSR count). The predicted octanol–water partition coefficient (Wildman–Crippen LogP) is 2.27. The molecule has 0 spiro atoms. The number of alkyl halides is 1. The smallest absolute Gasteiger partial charge is 0.347 e. The van der Waals surface area contributed by atoms with Crippen molar-refractivity contribution in [2.24, 2.45) is 0 Å². The third kappa shape index (κ3) is 1.80. The summed E-state index contributed by atoms with van der Waals surface area (Å²) in [6.07, 6.45) is 0.808. The number of hydrogen-bond donors (Lipinski definition) is 1. The Labute approximate surface area is 127 Å². The largest absolute Gasteiger partial charge is 0.448 e. The lowest BCUT2D eigenvalue weighted by molar-refractivity contribution is -0.137. The predicted molar refractivity (Wildman–Crippen MR) is 76.7 cm³/mol. The molecule has 1 N–H and O–H groups in total. The monoisotopic (exact) mass is 390 g/mol. The number of carbonyl (C=O) groups excluding carboxylic acids is 2. The van der Waals surface area contributed by atoms with Gasteiger partial charge >= 0.3 is 11.9 Å².